The van der Waals surface area contributed by atoms with Gasteiger partial charge in [-0.1, -0.05) is 24.0 Å². The zero-order chi connectivity index (χ0) is 12.9. The van der Waals surface area contributed by atoms with Crippen LogP contribution in [0.2, 0.25) is 0 Å². The molecule has 0 fully saturated rings. The van der Waals surface area contributed by atoms with Crippen LogP contribution in [-0.2, 0) is 15.0 Å². The number of benzene rings is 1. The van der Waals surface area contributed by atoms with E-state index in [1.54, 1.807) is 38.1 Å². The van der Waals surface area contributed by atoms with Crippen LogP contribution >= 0.6 is 0 Å². The predicted octanol–water partition coefficient (Wildman–Crippen LogP) is 1.99. The molecular formula is C14H14O3. The number of carboxylic acid groups (broad SMARTS) is 1. The van der Waals surface area contributed by atoms with E-state index in [9.17, 15) is 9.59 Å². The van der Waals surface area contributed by atoms with E-state index in [2.05, 4.69) is 11.8 Å². The Morgan fingerprint density at radius 1 is 1.35 bits per heavy atom. The van der Waals surface area contributed by atoms with Gasteiger partial charge in [-0.25, -0.2) is 0 Å². The molecule has 0 aliphatic carbocycles. The standard InChI is InChI=1S/C14H14O3/c1-14(2,13(16)17)12-8-6-11(7-9-12)5-3-4-10-15/h6-10H,4H2,1-2H3,(H,16,17). The highest BCUT2D eigenvalue weighted by atomic mass is 16.4. The second kappa shape index (κ2) is 5.31. The summed E-state index contributed by atoms with van der Waals surface area (Å²) in [4.78, 5) is 21.1. The van der Waals surface area contributed by atoms with Gasteiger partial charge in [-0.2, -0.15) is 0 Å². The molecule has 0 bridgehead atoms. The summed E-state index contributed by atoms with van der Waals surface area (Å²) in [6.07, 6.45) is 0.956. The van der Waals surface area contributed by atoms with Crippen LogP contribution in [0.5, 0.6) is 0 Å². The first-order chi connectivity index (χ1) is 7.98. The average molecular weight is 230 g/mol. The molecule has 0 radical (unpaired) electrons. The lowest BCUT2D eigenvalue weighted by molar-refractivity contribution is -0.142. The highest BCUT2D eigenvalue weighted by Crippen LogP contribution is 2.23. The highest BCUT2D eigenvalue weighted by Gasteiger charge is 2.28. The van der Waals surface area contributed by atoms with Crippen LogP contribution in [0.15, 0.2) is 24.3 Å². The van der Waals surface area contributed by atoms with Crippen LogP contribution in [-0.4, -0.2) is 17.4 Å². The minimum absolute atomic E-state index is 0.211. The Labute approximate surface area is 100 Å². The number of hydrogen-bond acceptors (Lipinski definition) is 2. The maximum Gasteiger partial charge on any atom is 0.313 e. The van der Waals surface area contributed by atoms with Crippen molar-refractivity contribution in [3.63, 3.8) is 0 Å². The molecule has 0 atom stereocenters. The van der Waals surface area contributed by atoms with Crippen molar-refractivity contribution >= 4 is 12.3 Å². The van der Waals surface area contributed by atoms with E-state index in [0.29, 0.717) is 0 Å². The molecular weight excluding hydrogens is 216 g/mol. The van der Waals surface area contributed by atoms with Crippen molar-refractivity contribution in [2.24, 2.45) is 0 Å². The zero-order valence-electron chi connectivity index (χ0n) is 9.86. The Morgan fingerprint density at radius 2 is 1.94 bits per heavy atom. The number of hydrogen-bond donors (Lipinski definition) is 1. The fourth-order valence-electron chi connectivity index (χ4n) is 1.29. The van der Waals surface area contributed by atoms with Crippen molar-refractivity contribution in [3.05, 3.63) is 35.4 Å². The number of carboxylic acids is 1. The summed E-state index contributed by atoms with van der Waals surface area (Å²) in [5.41, 5.74) is 0.595. The predicted molar refractivity (Wildman–Crippen MR) is 64.7 cm³/mol. The first-order valence-electron chi connectivity index (χ1n) is 5.25. The first-order valence-corrected chi connectivity index (χ1v) is 5.25. The molecule has 17 heavy (non-hydrogen) atoms. The Hall–Kier alpha value is -2.08. The van der Waals surface area contributed by atoms with Gasteiger partial charge in [0.05, 0.1) is 11.8 Å². The number of carbonyl (C=O) groups is 2. The Morgan fingerprint density at radius 3 is 2.41 bits per heavy atom. The van der Waals surface area contributed by atoms with Crippen LogP contribution in [0, 0.1) is 11.8 Å². The number of aliphatic carboxylic acids is 1. The van der Waals surface area contributed by atoms with Crippen LogP contribution in [0.3, 0.4) is 0 Å². The molecule has 1 aromatic rings. The lowest BCUT2D eigenvalue weighted by Gasteiger charge is -2.19. The molecule has 0 unspecified atom stereocenters. The summed E-state index contributed by atoms with van der Waals surface area (Å²) >= 11 is 0. The Balaban J connectivity index is 2.93. The molecule has 0 saturated heterocycles. The highest BCUT2D eigenvalue weighted by molar-refractivity contribution is 5.80. The molecule has 88 valence electrons. The number of aldehydes is 1. The van der Waals surface area contributed by atoms with Gasteiger partial charge in [0.1, 0.15) is 6.29 Å². The van der Waals surface area contributed by atoms with Crippen molar-refractivity contribution in [2.75, 3.05) is 0 Å². The molecule has 1 N–H and O–H groups in total. The van der Waals surface area contributed by atoms with E-state index in [0.717, 1.165) is 17.4 Å². The molecule has 1 rings (SSSR count). The second-order valence-corrected chi connectivity index (χ2v) is 4.18. The molecule has 0 amide bonds. The van der Waals surface area contributed by atoms with E-state index in [1.165, 1.54) is 0 Å². The Bertz CT molecular complexity index is 472. The van der Waals surface area contributed by atoms with E-state index in [1.807, 2.05) is 0 Å². The molecule has 0 aromatic heterocycles. The molecule has 0 aliphatic rings. The average Bonchev–Trinajstić information content (AvgIpc) is 2.30. The fourth-order valence-corrected chi connectivity index (χ4v) is 1.29. The lowest BCUT2D eigenvalue weighted by atomic mass is 9.84. The summed E-state index contributed by atoms with van der Waals surface area (Å²) in [5, 5.41) is 9.07. The van der Waals surface area contributed by atoms with Gasteiger partial charge in [0.15, 0.2) is 0 Å². The van der Waals surface area contributed by atoms with Gasteiger partial charge in [-0.15, -0.1) is 0 Å². The molecule has 1 aromatic carbocycles. The van der Waals surface area contributed by atoms with Gasteiger partial charge in [0, 0.05) is 5.56 Å². The monoisotopic (exact) mass is 230 g/mol. The minimum Gasteiger partial charge on any atom is -0.481 e. The third kappa shape index (κ3) is 3.18. The normalized spacial score (nSPS) is 10.2. The van der Waals surface area contributed by atoms with E-state index in [4.69, 9.17) is 5.11 Å². The van der Waals surface area contributed by atoms with Crippen molar-refractivity contribution in [1.82, 2.24) is 0 Å². The molecule has 0 spiro atoms. The summed E-state index contributed by atoms with van der Waals surface area (Å²) in [6.45, 7) is 3.31. The van der Waals surface area contributed by atoms with Gasteiger partial charge in [0.2, 0.25) is 0 Å². The van der Waals surface area contributed by atoms with Gasteiger partial charge in [-0.05, 0) is 31.5 Å². The third-order valence-corrected chi connectivity index (χ3v) is 2.56. The van der Waals surface area contributed by atoms with E-state index in [-0.39, 0.29) is 6.42 Å². The van der Waals surface area contributed by atoms with Gasteiger partial charge in [-0.3, -0.25) is 4.79 Å². The van der Waals surface area contributed by atoms with Crippen LogP contribution in [0.25, 0.3) is 0 Å². The zero-order valence-corrected chi connectivity index (χ0v) is 9.86. The van der Waals surface area contributed by atoms with Crippen molar-refractivity contribution in [2.45, 2.75) is 25.7 Å². The Kier molecular flexibility index (Phi) is 4.06. The first kappa shape index (κ1) is 13.0. The van der Waals surface area contributed by atoms with E-state index < -0.39 is 11.4 Å². The topological polar surface area (TPSA) is 54.4 Å². The van der Waals surface area contributed by atoms with E-state index >= 15 is 0 Å². The fraction of sp³-hybridized carbons (Fsp3) is 0.286. The smallest absolute Gasteiger partial charge is 0.313 e. The third-order valence-electron chi connectivity index (χ3n) is 2.56. The number of carbonyl (C=O) groups excluding carboxylic acids is 1. The summed E-state index contributed by atoms with van der Waals surface area (Å²) in [7, 11) is 0. The largest absolute Gasteiger partial charge is 0.481 e. The molecule has 0 aliphatic heterocycles. The SMILES string of the molecule is CC(C)(C(=O)O)c1ccc(C#CCC=O)cc1. The van der Waals surface area contributed by atoms with Crippen molar-refractivity contribution in [1.29, 1.82) is 0 Å². The molecule has 3 nitrogen and oxygen atoms in total. The maximum absolute atomic E-state index is 11.1. The molecule has 0 heterocycles. The van der Waals surface area contributed by atoms with Crippen molar-refractivity contribution < 1.29 is 14.7 Å². The summed E-state index contributed by atoms with van der Waals surface area (Å²) < 4.78 is 0. The maximum atomic E-state index is 11.1. The van der Waals surface area contributed by atoms with Gasteiger partial charge < -0.3 is 9.90 Å². The summed E-state index contributed by atoms with van der Waals surface area (Å²) in [6, 6.07) is 7.02. The van der Waals surface area contributed by atoms with Crippen molar-refractivity contribution in [3.8, 4) is 11.8 Å². The summed E-state index contributed by atoms with van der Waals surface area (Å²) in [5.74, 6) is 4.66. The number of rotatable bonds is 3. The van der Waals surface area contributed by atoms with Gasteiger partial charge in [0.25, 0.3) is 0 Å². The molecule has 3 heteroatoms. The quantitative estimate of drug-likeness (QED) is 0.638. The van der Waals surface area contributed by atoms with Crippen LogP contribution in [0.1, 0.15) is 31.4 Å². The molecule has 0 saturated carbocycles. The van der Waals surface area contributed by atoms with Gasteiger partial charge >= 0.3 is 5.97 Å². The minimum atomic E-state index is -0.908. The lowest BCUT2D eigenvalue weighted by Crippen LogP contribution is -2.28. The second-order valence-electron chi connectivity index (χ2n) is 4.18. The van der Waals surface area contributed by atoms with Crippen LogP contribution in [0.4, 0.5) is 0 Å². The van der Waals surface area contributed by atoms with Crippen LogP contribution < -0.4 is 0 Å².